The summed E-state index contributed by atoms with van der Waals surface area (Å²) in [6, 6.07) is 0. The van der Waals surface area contributed by atoms with Crippen LogP contribution in [0, 0.1) is 5.92 Å². The SMILES string of the molecule is CCC1CC1S(=O)(=O)OC(C)C. The Morgan fingerprint density at radius 3 is 2.42 bits per heavy atom. The highest BCUT2D eigenvalue weighted by Crippen LogP contribution is 2.40. The summed E-state index contributed by atoms with van der Waals surface area (Å²) in [4.78, 5) is 0. The van der Waals surface area contributed by atoms with E-state index in [0.29, 0.717) is 5.92 Å². The van der Waals surface area contributed by atoms with Crippen LogP contribution in [0.2, 0.25) is 0 Å². The van der Waals surface area contributed by atoms with Crippen LogP contribution in [0.4, 0.5) is 0 Å². The maximum atomic E-state index is 11.4. The standard InChI is InChI=1S/C8H16O3S/c1-4-7-5-8(7)12(9,10)11-6(2)3/h6-8H,4-5H2,1-3H3. The Morgan fingerprint density at radius 1 is 1.50 bits per heavy atom. The van der Waals surface area contributed by atoms with Gasteiger partial charge >= 0.3 is 0 Å². The maximum absolute atomic E-state index is 11.4. The van der Waals surface area contributed by atoms with E-state index in [0.717, 1.165) is 12.8 Å². The van der Waals surface area contributed by atoms with Crippen LogP contribution in [0.3, 0.4) is 0 Å². The zero-order chi connectivity index (χ0) is 9.35. The van der Waals surface area contributed by atoms with Crippen LogP contribution in [-0.4, -0.2) is 19.8 Å². The van der Waals surface area contributed by atoms with E-state index in [2.05, 4.69) is 0 Å². The van der Waals surface area contributed by atoms with Crippen molar-refractivity contribution in [2.24, 2.45) is 5.92 Å². The van der Waals surface area contributed by atoms with Gasteiger partial charge in [0.1, 0.15) is 0 Å². The van der Waals surface area contributed by atoms with Crippen molar-refractivity contribution in [2.75, 3.05) is 0 Å². The third kappa shape index (κ3) is 2.20. The van der Waals surface area contributed by atoms with Gasteiger partial charge in [-0.2, -0.15) is 8.42 Å². The third-order valence-electron chi connectivity index (χ3n) is 2.08. The van der Waals surface area contributed by atoms with Crippen molar-refractivity contribution in [2.45, 2.75) is 45.0 Å². The van der Waals surface area contributed by atoms with Crippen LogP contribution in [0.5, 0.6) is 0 Å². The number of hydrogen-bond acceptors (Lipinski definition) is 3. The lowest BCUT2D eigenvalue weighted by Crippen LogP contribution is -2.17. The van der Waals surface area contributed by atoms with E-state index < -0.39 is 10.1 Å². The highest BCUT2D eigenvalue weighted by Gasteiger charge is 2.47. The first-order valence-corrected chi connectivity index (χ1v) is 5.86. The largest absolute Gasteiger partial charge is 0.270 e. The molecule has 2 atom stereocenters. The van der Waals surface area contributed by atoms with Crippen LogP contribution in [0.1, 0.15) is 33.6 Å². The van der Waals surface area contributed by atoms with Gasteiger partial charge in [0.05, 0.1) is 11.4 Å². The summed E-state index contributed by atoms with van der Waals surface area (Å²) in [5.41, 5.74) is 0. The molecule has 0 bridgehead atoms. The minimum absolute atomic E-state index is 0.218. The van der Waals surface area contributed by atoms with Crippen molar-refractivity contribution in [3.63, 3.8) is 0 Å². The van der Waals surface area contributed by atoms with Gasteiger partial charge in [-0.05, 0) is 26.2 Å². The summed E-state index contributed by atoms with van der Waals surface area (Å²) >= 11 is 0. The monoisotopic (exact) mass is 192 g/mol. The Balaban J connectivity index is 2.51. The molecule has 1 aliphatic rings. The Labute approximate surface area is 74.2 Å². The normalized spacial score (nSPS) is 29.3. The summed E-state index contributed by atoms with van der Waals surface area (Å²) in [6.07, 6.45) is 1.49. The van der Waals surface area contributed by atoms with Crippen molar-refractivity contribution in [1.82, 2.24) is 0 Å². The minimum atomic E-state index is -3.25. The van der Waals surface area contributed by atoms with E-state index in [1.165, 1.54) is 0 Å². The van der Waals surface area contributed by atoms with Gasteiger partial charge in [-0.3, -0.25) is 4.18 Å². The predicted octanol–water partition coefficient (Wildman–Crippen LogP) is 1.54. The number of hydrogen-bond donors (Lipinski definition) is 0. The van der Waals surface area contributed by atoms with Gasteiger partial charge in [-0.1, -0.05) is 13.3 Å². The summed E-state index contributed by atoms with van der Waals surface area (Å²) in [7, 11) is -3.25. The molecule has 0 aliphatic heterocycles. The molecule has 0 saturated heterocycles. The summed E-state index contributed by atoms with van der Waals surface area (Å²) in [5, 5.41) is -0.218. The van der Waals surface area contributed by atoms with Gasteiger partial charge in [-0.15, -0.1) is 0 Å². The van der Waals surface area contributed by atoms with Crippen LogP contribution >= 0.6 is 0 Å². The topological polar surface area (TPSA) is 43.4 Å². The fourth-order valence-electron chi connectivity index (χ4n) is 1.34. The molecular formula is C8H16O3S. The maximum Gasteiger partial charge on any atom is 0.270 e. The molecule has 3 nitrogen and oxygen atoms in total. The second-order valence-corrected chi connectivity index (χ2v) is 5.36. The molecule has 72 valence electrons. The summed E-state index contributed by atoms with van der Waals surface area (Å²) in [5.74, 6) is 0.341. The van der Waals surface area contributed by atoms with Gasteiger partial charge in [-0.25, -0.2) is 0 Å². The van der Waals surface area contributed by atoms with Gasteiger partial charge in [0.2, 0.25) is 0 Å². The molecule has 0 heterocycles. The molecule has 1 rings (SSSR count). The number of rotatable bonds is 4. The average Bonchev–Trinajstić information content (AvgIpc) is 2.61. The lowest BCUT2D eigenvalue weighted by Gasteiger charge is -2.06. The fourth-order valence-corrected chi connectivity index (χ4v) is 3.17. The Bertz CT molecular complexity index is 243. The van der Waals surface area contributed by atoms with Crippen LogP contribution in [0.25, 0.3) is 0 Å². The molecule has 1 saturated carbocycles. The van der Waals surface area contributed by atoms with Gasteiger partial charge in [0.15, 0.2) is 0 Å². The molecule has 1 fully saturated rings. The molecule has 0 aromatic rings. The molecule has 0 spiro atoms. The van der Waals surface area contributed by atoms with Crippen LogP contribution in [-0.2, 0) is 14.3 Å². The van der Waals surface area contributed by atoms with E-state index in [1.54, 1.807) is 13.8 Å². The van der Waals surface area contributed by atoms with Crippen molar-refractivity contribution < 1.29 is 12.6 Å². The second kappa shape index (κ2) is 3.34. The fraction of sp³-hybridized carbons (Fsp3) is 1.00. The van der Waals surface area contributed by atoms with Crippen molar-refractivity contribution >= 4 is 10.1 Å². The van der Waals surface area contributed by atoms with E-state index in [4.69, 9.17) is 4.18 Å². The predicted molar refractivity (Wildman–Crippen MR) is 47.3 cm³/mol. The van der Waals surface area contributed by atoms with Crippen molar-refractivity contribution in [3.05, 3.63) is 0 Å². The summed E-state index contributed by atoms with van der Waals surface area (Å²) < 4.78 is 27.6. The van der Waals surface area contributed by atoms with Crippen LogP contribution < -0.4 is 0 Å². The van der Waals surface area contributed by atoms with Crippen molar-refractivity contribution in [3.8, 4) is 0 Å². The molecule has 0 N–H and O–H groups in total. The Kier molecular flexibility index (Phi) is 2.78. The lowest BCUT2D eigenvalue weighted by molar-refractivity contribution is 0.247. The molecule has 0 radical (unpaired) electrons. The quantitative estimate of drug-likeness (QED) is 0.634. The molecule has 12 heavy (non-hydrogen) atoms. The van der Waals surface area contributed by atoms with Crippen LogP contribution in [0.15, 0.2) is 0 Å². The summed E-state index contributed by atoms with van der Waals surface area (Å²) in [6.45, 7) is 5.48. The molecule has 0 aromatic heterocycles. The first-order valence-electron chi connectivity index (χ1n) is 4.39. The zero-order valence-corrected chi connectivity index (χ0v) is 8.60. The third-order valence-corrected chi connectivity index (χ3v) is 4.05. The van der Waals surface area contributed by atoms with E-state index in [9.17, 15) is 8.42 Å². The Hall–Kier alpha value is -0.0900. The van der Waals surface area contributed by atoms with Crippen molar-refractivity contribution in [1.29, 1.82) is 0 Å². The van der Waals surface area contributed by atoms with Gasteiger partial charge < -0.3 is 0 Å². The molecular weight excluding hydrogens is 176 g/mol. The highest BCUT2D eigenvalue weighted by atomic mass is 32.2. The average molecular weight is 192 g/mol. The molecule has 2 unspecified atom stereocenters. The van der Waals surface area contributed by atoms with E-state index >= 15 is 0 Å². The highest BCUT2D eigenvalue weighted by molar-refractivity contribution is 7.87. The first kappa shape index (κ1) is 9.99. The lowest BCUT2D eigenvalue weighted by atomic mass is 10.3. The molecule has 0 amide bonds. The van der Waals surface area contributed by atoms with Gasteiger partial charge in [0.25, 0.3) is 10.1 Å². The van der Waals surface area contributed by atoms with E-state index in [-0.39, 0.29) is 11.4 Å². The molecule has 0 aromatic carbocycles. The zero-order valence-electron chi connectivity index (χ0n) is 7.78. The van der Waals surface area contributed by atoms with Gasteiger partial charge in [0, 0.05) is 0 Å². The van der Waals surface area contributed by atoms with E-state index in [1.807, 2.05) is 6.92 Å². The minimum Gasteiger partial charge on any atom is -0.267 e. The second-order valence-electron chi connectivity index (χ2n) is 3.58. The molecule has 1 aliphatic carbocycles. The first-order chi connectivity index (χ1) is 5.47. The molecule has 4 heteroatoms. The Morgan fingerprint density at radius 2 is 2.08 bits per heavy atom. The smallest absolute Gasteiger partial charge is 0.267 e.